The third-order valence-electron chi connectivity index (χ3n) is 8.40. The number of piperidine rings is 1. The number of rotatable bonds is 7. The Kier molecular flexibility index (Phi) is 6.94. The minimum Gasteiger partial charge on any atom is -0.481 e. The number of hydrogen-bond donors (Lipinski definition) is 2. The van der Waals surface area contributed by atoms with Crippen LogP contribution in [0.5, 0.6) is 0 Å². The summed E-state index contributed by atoms with van der Waals surface area (Å²) < 4.78 is 1.04. The van der Waals surface area contributed by atoms with Gasteiger partial charge in [0.05, 0.1) is 22.2 Å². The number of carboxylic acids is 1. The Morgan fingerprint density at radius 1 is 1.16 bits per heavy atom. The van der Waals surface area contributed by atoms with Gasteiger partial charge in [-0.2, -0.15) is 4.98 Å². The van der Waals surface area contributed by atoms with Crippen molar-refractivity contribution in [3.8, 4) is 0 Å². The van der Waals surface area contributed by atoms with E-state index in [2.05, 4.69) is 33.5 Å². The van der Waals surface area contributed by atoms with E-state index in [1.165, 1.54) is 12.8 Å². The molecule has 0 unspecified atom stereocenters. The first-order valence-electron chi connectivity index (χ1n) is 13.0. The van der Waals surface area contributed by atoms with Gasteiger partial charge in [-0.05, 0) is 80.1 Å². The quantitative estimate of drug-likeness (QED) is 0.357. The van der Waals surface area contributed by atoms with E-state index in [1.807, 2.05) is 12.1 Å². The Hall–Kier alpha value is -2.13. The molecule has 7 nitrogen and oxygen atoms in total. The van der Waals surface area contributed by atoms with E-state index < -0.39 is 5.97 Å². The number of aromatic nitrogens is 2. The lowest BCUT2D eigenvalue weighted by molar-refractivity contribution is -0.147. The lowest BCUT2D eigenvalue weighted by atomic mass is 9.76. The van der Waals surface area contributed by atoms with Crippen LogP contribution in [0.25, 0.3) is 10.2 Å². The minimum absolute atomic E-state index is 0.0394. The first-order valence-corrected chi connectivity index (χ1v) is 14.7. The van der Waals surface area contributed by atoms with Crippen LogP contribution in [0.1, 0.15) is 44.2 Å². The highest BCUT2D eigenvalue weighted by molar-refractivity contribution is 7.17. The number of aliphatic carboxylic acids is 1. The summed E-state index contributed by atoms with van der Waals surface area (Å²) in [5.41, 5.74) is 1.93. The van der Waals surface area contributed by atoms with Gasteiger partial charge in [-0.1, -0.05) is 29.3 Å². The van der Waals surface area contributed by atoms with Gasteiger partial charge in [-0.15, -0.1) is 11.3 Å². The fourth-order valence-corrected chi connectivity index (χ4v) is 7.40. The summed E-state index contributed by atoms with van der Waals surface area (Å²) in [6.45, 7) is 6.20. The lowest BCUT2D eigenvalue weighted by Crippen LogP contribution is -2.56. The van der Waals surface area contributed by atoms with E-state index in [4.69, 9.17) is 33.2 Å². The maximum absolute atomic E-state index is 11.2. The highest BCUT2D eigenvalue weighted by Crippen LogP contribution is 2.39. The molecule has 1 saturated carbocycles. The molecule has 4 heterocycles. The van der Waals surface area contributed by atoms with E-state index in [0.29, 0.717) is 27.9 Å². The number of hydrogen-bond acceptors (Lipinski definition) is 7. The normalized spacial score (nSPS) is 25.5. The van der Waals surface area contributed by atoms with Gasteiger partial charge in [-0.3, -0.25) is 4.79 Å². The molecule has 1 aliphatic carbocycles. The SMILES string of the molecule is C[C@@H](Nc1nc(N2CC([C@H]3CCCN([C@H]4C[C@@H](C(=O)O)C4)C3)C2)nc2ccsc12)c1ccc(Cl)cc1Cl. The number of carboxylic acid groups (broad SMARTS) is 1. The van der Waals surface area contributed by atoms with Crippen LogP contribution in [-0.2, 0) is 4.79 Å². The number of carbonyl (C=O) groups is 1. The van der Waals surface area contributed by atoms with E-state index in [0.717, 1.165) is 66.6 Å². The zero-order valence-corrected chi connectivity index (χ0v) is 23.1. The van der Waals surface area contributed by atoms with Crippen molar-refractivity contribution in [1.29, 1.82) is 0 Å². The lowest BCUT2D eigenvalue weighted by Gasteiger charge is -2.50. The highest BCUT2D eigenvalue weighted by Gasteiger charge is 2.42. The first kappa shape index (κ1) is 25.2. The topological polar surface area (TPSA) is 81.6 Å². The number of halogens is 2. The van der Waals surface area contributed by atoms with Crippen LogP contribution in [-0.4, -0.2) is 58.2 Å². The smallest absolute Gasteiger partial charge is 0.306 e. The molecular formula is C27H31Cl2N5O2S. The van der Waals surface area contributed by atoms with Crippen LogP contribution in [0.4, 0.5) is 11.8 Å². The Balaban J connectivity index is 1.12. The van der Waals surface area contributed by atoms with Gasteiger partial charge in [0.1, 0.15) is 5.82 Å². The maximum Gasteiger partial charge on any atom is 0.306 e. The number of nitrogens with one attached hydrogen (secondary N) is 1. The van der Waals surface area contributed by atoms with Gasteiger partial charge in [0.15, 0.2) is 0 Å². The molecule has 6 rings (SSSR count). The summed E-state index contributed by atoms with van der Waals surface area (Å²) in [5.74, 6) is 2.11. The fraction of sp³-hybridized carbons (Fsp3) is 0.519. The Morgan fingerprint density at radius 2 is 1.97 bits per heavy atom. The molecule has 2 aliphatic heterocycles. The largest absolute Gasteiger partial charge is 0.481 e. The maximum atomic E-state index is 11.2. The van der Waals surface area contributed by atoms with Gasteiger partial charge in [0, 0.05) is 35.7 Å². The molecule has 0 bridgehead atoms. The molecule has 2 aromatic heterocycles. The van der Waals surface area contributed by atoms with Crippen LogP contribution in [0.2, 0.25) is 10.0 Å². The second-order valence-electron chi connectivity index (χ2n) is 10.8. The summed E-state index contributed by atoms with van der Waals surface area (Å²) in [6.07, 6.45) is 4.07. The molecule has 3 aliphatic rings. The van der Waals surface area contributed by atoms with Gasteiger partial charge in [-0.25, -0.2) is 4.98 Å². The summed E-state index contributed by atoms with van der Waals surface area (Å²) >= 11 is 14.2. The highest BCUT2D eigenvalue weighted by atomic mass is 35.5. The van der Waals surface area contributed by atoms with Crippen molar-refractivity contribution >= 4 is 62.5 Å². The van der Waals surface area contributed by atoms with E-state index >= 15 is 0 Å². The van der Waals surface area contributed by atoms with Crippen molar-refractivity contribution in [2.75, 3.05) is 36.4 Å². The molecule has 0 amide bonds. The molecule has 2 atom stereocenters. The number of nitrogens with zero attached hydrogens (tertiary/aromatic N) is 4. The first-order chi connectivity index (χ1) is 17.9. The van der Waals surface area contributed by atoms with Gasteiger partial charge >= 0.3 is 5.97 Å². The fourth-order valence-electron chi connectivity index (χ4n) is 6.04. The third kappa shape index (κ3) is 5.01. The molecule has 37 heavy (non-hydrogen) atoms. The van der Waals surface area contributed by atoms with Crippen molar-refractivity contribution in [2.24, 2.45) is 17.8 Å². The van der Waals surface area contributed by atoms with Crippen LogP contribution in [0.15, 0.2) is 29.6 Å². The average molecular weight is 561 g/mol. The molecular weight excluding hydrogens is 529 g/mol. The van der Waals surface area contributed by atoms with Crippen LogP contribution < -0.4 is 10.2 Å². The Morgan fingerprint density at radius 3 is 2.73 bits per heavy atom. The molecule has 0 radical (unpaired) electrons. The van der Waals surface area contributed by atoms with Crippen molar-refractivity contribution in [3.63, 3.8) is 0 Å². The number of likely N-dealkylation sites (tertiary alicyclic amines) is 1. The summed E-state index contributed by atoms with van der Waals surface area (Å²) in [4.78, 5) is 25.9. The van der Waals surface area contributed by atoms with Crippen LogP contribution in [0.3, 0.4) is 0 Å². The van der Waals surface area contributed by atoms with E-state index in [-0.39, 0.29) is 12.0 Å². The third-order valence-corrected chi connectivity index (χ3v) is 9.87. The monoisotopic (exact) mass is 559 g/mol. The zero-order valence-electron chi connectivity index (χ0n) is 20.7. The van der Waals surface area contributed by atoms with Crippen LogP contribution in [0, 0.1) is 17.8 Å². The molecule has 3 aromatic rings. The standard InChI is InChI=1S/C27H31Cl2N5O2S/c1-15(21-5-4-19(28)11-22(21)29)30-25-24-23(6-8-37-24)31-27(32-25)34-13-18(14-34)16-3-2-7-33(12-16)20-9-17(10-20)26(35)36/h4-6,8,11,15-18,20H,2-3,7,9-10,12-14H2,1H3,(H,35,36)(H,30,31,32)/t15-,16+,17-,20+/m1/s1. The second-order valence-corrected chi connectivity index (χ2v) is 12.5. The van der Waals surface area contributed by atoms with Gasteiger partial charge < -0.3 is 20.2 Å². The average Bonchev–Trinajstić information content (AvgIpc) is 3.26. The van der Waals surface area contributed by atoms with Gasteiger partial charge in [0.25, 0.3) is 0 Å². The van der Waals surface area contributed by atoms with Crippen molar-refractivity contribution in [2.45, 2.75) is 44.7 Å². The molecule has 0 spiro atoms. The van der Waals surface area contributed by atoms with Crippen LogP contribution >= 0.6 is 34.5 Å². The molecule has 10 heteroatoms. The number of anilines is 2. The molecule has 196 valence electrons. The molecule has 2 N–H and O–H groups in total. The Bertz CT molecular complexity index is 1310. The minimum atomic E-state index is -0.637. The van der Waals surface area contributed by atoms with E-state index in [9.17, 15) is 9.90 Å². The molecule has 3 fully saturated rings. The summed E-state index contributed by atoms with van der Waals surface area (Å²) in [6, 6.07) is 8.04. The van der Waals surface area contributed by atoms with Crippen molar-refractivity contribution in [1.82, 2.24) is 14.9 Å². The van der Waals surface area contributed by atoms with E-state index in [1.54, 1.807) is 17.4 Å². The van der Waals surface area contributed by atoms with Gasteiger partial charge in [0.2, 0.25) is 5.95 Å². The predicted octanol–water partition coefficient (Wildman–Crippen LogP) is 6.18. The zero-order chi connectivity index (χ0) is 25.7. The number of benzene rings is 1. The number of thiophene rings is 1. The summed E-state index contributed by atoms with van der Waals surface area (Å²) in [5, 5.41) is 16.1. The van der Waals surface area contributed by atoms with Crippen molar-refractivity contribution in [3.05, 3.63) is 45.3 Å². The Labute approximate surface area is 230 Å². The number of fused-ring (bicyclic) bond motifs is 1. The molecule has 1 aromatic carbocycles. The molecule has 2 saturated heterocycles. The predicted molar refractivity (Wildman–Crippen MR) is 150 cm³/mol. The summed E-state index contributed by atoms with van der Waals surface area (Å²) in [7, 11) is 0. The second kappa shape index (κ2) is 10.2. The van der Waals surface area contributed by atoms with Crippen molar-refractivity contribution < 1.29 is 9.90 Å².